The molecule has 27 heavy (non-hydrogen) atoms. The van der Waals surface area contributed by atoms with Gasteiger partial charge in [0.2, 0.25) is 11.8 Å². The smallest absolute Gasteiger partial charge is 0.350 e. The van der Waals surface area contributed by atoms with E-state index in [9.17, 15) is 14.4 Å². The van der Waals surface area contributed by atoms with Gasteiger partial charge in [-0.1, -0.05) is 30.3 Å². The first-order chi connectivity index (χ1) is 13.1. The Morgan fingerprint density at radius 2 is 2.07 bits per heavy atom. The molecule has 1 aromatic heterocycles. The minimum absolute atomic E-state index is 0.0895. The molecule has 1 aliphatic rings. The summed E-state index contributed by atoms with van der Waals surface area (Å²) in [6.45, 7) is 3.42. The van der Waals surface area contributed by atoms with Crippen molar-refractivity contribution in [2.75, 3.05) is 38.1 Å². The van der Waals surface area contributed by atoms with Gasteiger partial charge in [0.25, 0.3) is 0 Å². The molecule has 0 atom stereocenters. The van der Waals surface area contributed by atoms with Crippen LogP contribution < -0.4 is 10.6 Å². The molecular formula is C19H21N3O4S. The van der Waals surface area contributed by atoms with Gasteiger partial charge in [-0.15, -0.1) is 11.3 Å². The van der Waals surface area contributed by atoms with Crippen molar-refractivity contribution < 1.29 is 19.1 Å². The van der Waals surface area contributed by atoms with Crippen LogP contribution in [0.3, 0.4) is 0 Å². The van der Waals surface area contributed by atoms with Gasteiger partial charge >= 0.3 is 5.97 Å². The maximum Gasteiger partial charge on any atom is 0.350 e. The van der Waals surface area contributed by atoms with E-state index in [0.717, 1.165) is 10.4 Å². The molecule has 2 N–H and O–H groups in total. The number of carbonyl (C=O) groups is 3. The number of rotatable bonds is 6. The first-order valence-electron chi connectivity index (χ1n) is 8.72. The van der Waals surface area contributed by atoms with Crippen molar-refractivity contribution in [3.63, 3.8) is 0 Å². The highest BCUT2D eigenvalue weighted by Gasteiger charge is 2.22. The molecule has 1 fully saturated rings. The summed E-state index contributed by atoms with van der Waals surface area (Å²) in [6.07, 6.45) is 0. The van der Waals surface area contributed by atoms with Gasteiger partial charge in [0.1, 0.15) is 4.88 Å². The van der Waals surface area contributed by atoms with Gasteiger partial charge in [-0.3, -0.25) is 14.5 Å². The maximum atomic E-state index is 12.4. The SMILES string of the molecule is CCOC(=O)c1sc(-c2ccccc2)cc1NC(=O)CN1CCNC(=O)C1. The minimum atomic E-state index is -0.461. The predicted molar refractivity (Wildman–Crippen MR) is 104 cm³/mol. The van der Waals surface area contributed by atoms with E-state index in [1.54, 1.807) is 17.9 Å². The lowest BCUT2D eigenvalue weighted by Gasteiger charge is -2.25. The van der Waals surface area contributed by atoms with E-state index in [2.05, 4.69) is 10.6 Å². The van der Waals surface area contributed by atoms with Gasteiger partial charge < -0.3 is 15.4 Å². The van der Waals surface area contributed by atoms with Crippen LogP contribution in [0.25, 0.3) is 10.4 Å². The molecule has 2 heterocycles. The summed E-state index contributed by atoms with van der Waals surface area (Å²) in [5, 5.41) is 5.52. The van der Waals surface area contributed by atoms with E-state index < -0.39 is 5.97 Å². The van der Waals surface area contributed by atoms with Crippen molar-refractivity contribution in [3.8, 4) is 10.4 Å². The lowest BCUT2D eigenvalue weighted by molar-refractivity contribution is -0.125. The zero-order valence-corrected chi connectivity index (χ0v) is 15.8. The Kier molecular flexibility index (Phi) is 6.20. The lowest BCUT2D eigenvalue weighted by atomic mass is 10.2. The van der Waals surface area contributed by atoms with Crippen LogP contribution in [0.2, 0.25) is 0 Å². The van der Waals surface area contributed by atoms with Gasteiger partial charge in [-0.25, -0.2) is 4.79 Å². The number of benzene rings is 1. The second-order valence-electron chi connectivity index (χ2n) is 6.05. The number of anilines is 1. The highest BCUT2D eigenvalue weighted by molar-refractivity contribution is 7.18. The van der Waals surface area contributed by atoms with Crippen LogP contribution >= 0.6 is 11.3 Å². The molecule has 2 amide bonds. The van der Waals surface area contributed by atoms with Crippen molar-refractivity contribution in [3.05, 3.63) is 41.3 Å². The number of hydrogen-bond donors (Lipinski definition) is 2. The number of piperazine rings is 1. The summed E-state index contributed by atoms with van der Waals surface area (Å²) in [6, 6.07) is 11.4. The molecule has 0 radical (unpaired) electrons. The second-order valence-corrected chi connectivity index (χ2v) is 7.10. The summed E-state index contributed by atoms with van der Waals surface area (Å²) in [4.78, 5) is 39.2. The standard InChI is InChI=1S/C19H21N3O4S/c1-2-26-19(25)18-14(10-15(27-18)13-6-4-3-5-7-13)21-17(24)12-22-9-8-20-16(23)11-22/h3-7,10H,2,8-9,11-12H2,1H3,(H,20,23)(H,21,24). The first-order valence-corrected chi connectivity index (χ1v) is 9.53. The number of thiophene rings is 1. The third-order valence-corrected chi connectivity index (χ3v) is 5.17. The lowest BCUT2D eigenvalue weighted by Crippen LogP contribution is -2.49. The van der Waals surface area contributed by atoms with Crippen LogP contribution in [0.5, 0.6) is 0 Å². The summed E-state index contributed by atoms with van der Waals surface area (Å²) in [5.74, 6) is -0.826. The van der Waals surface area contributed by atoms with Crippen molar-refractivity contribution in [1.82, 2.24) is 10.2 Å². The second kappa shape index (κ2) is 8.79. The van der Waals surface area contributed by atoms with Crippen LogP contribution in [0, 0.1) is 0 Å². The molecule has 0 unspecified atom stereocenters. The molecule has 3 rings (SSSR count). The van der Waals surface area contributed by atoms with Crippen LogP contribution in [-0.4, -0.2) is 55.5 Å². The minimum Gasteiger partial charge on any atom is -0.462 e. The Hall–Kier alpha value is -2.71. The molecule has 0 saturated carbocycles. The number of esters is 1. The monoisotopic (exact) mass is 387 g/mol. The number of hydrogen-bond acceptors (Lipinski definition) is 6. The average Bonchev–Trinajstić information content (AvgIpc) is 3.06. The fraction of sp³-hybridized carbons (Fsp3) is 0.316. The van der Waals surface area contributed by atoms with E-state index in [4.69, 9.17) is 4.74 Å². The van der Waals surface area contributed by atoms with Gasteiger partial charge in [-0.2, -0.15) is 0 Å². The molecule has 1 aromatic carbocycles. The summed E-state index contributed by atoms with van der Waals surface area (Å²) >= 11 is 1.28. The van der Waals surface area contributed by atoms with Crippen molar-refractivity contribution in [2.45, 2.75) is 6.92 Å². The van der Waals surface area contributed by atoms with E-state index in [1.807, 2.05) is 30.3 Å². The van der Waals surface area contributed by atoms with E-state index >= 15 is 0 Å². The van der Waals surface area contributed by atoms with Gasteiger partial charge in [0.15, 0.2) is 0 Å². The molecular weight excluding hydrogens is 366 g/mol. The topological polar surface area (TPSA) is 87.7 Å². The number of nitrogens with zero attached hydrogens (tertiary/aromatic N) is 1. The van der Waals surface area contributed by atoms with E-state index in [-0.39, 0.29) is 31.5 Å². The van der Waals surface area contributed by atoms with Gasteiger partial charge in [-0.05, 0) is 18.6 Å². The Morgan fingerprint density at radius 1 is 1.30 bits per heavy atom. The Labute approximate surface area is 161 Å². The molecule has 8 heteroatoms. The van der Waals surface area contributed by atoms with Crippen molar-refractivity contribution in [1.29, 1.82) is 0 Å². The third kappa shape index (κ3) is 4.93. The highest BCUT2D eigenvalue weighted by atomic mass is 32.1. The average molecular weight is 387 g/mol. The normalized spacial score (nSPS) is 14.5. The molecule has 142 valence electrons. The molecule has 0 bridgehead atoms. The largest absolute Gasteiger partial charge is 0.462 e. The number of nitrogens with one attached hydrogen (secondary N) is 2. The van der Waals surface area contributed by atoms with Gasteiger partial charge in [0, 0.05) is 18.0 Å². The molecule has 0 aliphatic carbocycles. The fourth-order valence-corrected chi connectivity index (χ4v) is 3.81. The summed E-state index contributed by atoms with van der Waals surface area (Å²) in [5.41, 5.74) is 1.39. The quantitative estimate of drug-likeness (QED) is 0.740. The third-order valence-electron chi connectivity index (χ3n) is 4.01. The van der Waals surface area contributed by atoms with Crippen LogP contribution in [0.15, 0.2) is 36.4 Å². The zero-order chi connectivity index (χ0) is 19.2. The maximum absolute atomic E-state index is 12.4. The van der Waals surface area contributed by atoms with Crippen LogP contribution in [0.4, 0.5) is 5.69 Å². The summed E-state index contributed by atoms with van der Waals surface area (Å²) < 4.78 is 5.12. The molecule has 1 saturated heterocycles. The highest BCUT2D eigenvalue weighted by Crippen LogP contribution is 2.35. The fourth-order valence-electron chi connectivity index (χ4n) is 2.80. The summed E-state index contributed by atoms with van der Waals surface area (Å²) in [7, 11) is 0. The van der Waals surface area contributed by atoms with Crippen LogP contribution in [0.1, 0.15) is 16.6 Å². The number of amides is 2. The zero-order valence-electron chi connectivity index (χ0n) is 15.0. The molecule has 2 aromatic rings. The van der Waals surface area contributed by atoms with Crippen LogP contribution in [-0.2, 0) is 14.3 Å². The molecule has 7 nitrogen and oxygen atoms in total. The van der Waals surface area contributed by atoms with Gasteiger partial charge in [0.05, 0.1) is 25.4 Å². The Bertz CT molecular complexity index is 835. The molecule has 0 spiro atoms. The van der Waals surface area contributed by atoms with E-state index in [0.29, 0.717) is 23.7 Å². The predicted octanol–water partition coefficient (Wildman–Crippen LogP) is 1.96. The molecule has 1 aliphatic heterocycles. The first kappa shape index (κ1) is 19.1. The van der Waals surface area contributed by atoms with Crippen molar-refractivity contribution >= 4 is 34.8 Å². The Morgan fingerprint density at radius 3 is 2.78 bits per heavy atom. The van der Waals surface area contributed by atoms with E-state index in [1.165, 1.54) is 11.3 Å². The number of carbonyl (C=O) groups excluding carboxylic acids is 3. The Balaban J connectivity index is 1.78. The van der Waals surface area contributed by atoms with Crippen molar-refractivity contribution in [2.24, 2.45) is 0 Å². The number of ether oxygens (including phenoxy) is 1.